The molecule has 0 fully saturated rings. The van der Waals surface area contributed by atoms with Crippen LogP contribution in [0.15, 0.2) is 0 Å². The first-order valence-corrected chi connectivity index (χ1v) is 2.42. The van der Waals surface area contributed by atoms with E-state index in [2.05, 4.69) is 0 Å². The van der Waals surface area contributed by atoms with Gasteiger partial charge in [-0.3, -0.25) is 0 Å². The summed E-state index contributed by atoms with van der Waals surface area (Å²) in [6, 6.07) is 0. The van der Waals surface area contributed by atoms with Crippen molar-refractivity contribution in [2.75, 3.05) is 27.7 Å². The Labute approximate surface area is 62.3 Å². The molecule has 0 aliphatic rings. The summed E-state index contributed by atoms with van der Waals surface area (Å²) in [7, 11) is 5.40. The van der Waals surface area contributed by atoms with E-state index in [0.717, 1.165) is 0 Å². The maximum atomic E-state index is 9.89. The first kappa shape index (κ1) is 11.6. The minimum atomic E-state index is -1.00. The zero-order valence-electron chi connectivity index (χ0n) is 5.88. The Kier molecular flexibility index (Phi) is 4.80. The first-order valence-electron chi connectivity index (χ1n) is 2.42. The zero-order valence-corrected chi connectivity index (χ0v) is 6.70. The van der Waals surface area contributed by atoms with E-state index < -0.39 is 5.97 Å². The van der Waals surface area contributed by atoms with E-state index >= 15 is 0 Å². The number of likely N-dealkylation sites (N-methyl/N-ethyl adjacent to an activating group) is 1. The van der Waals surface area contributed by atoms with Gasteiger partial charge in [0.2, 0.25) is 0 Å². The Morgan fingerprint density at radius 3 is 1.78 bits per heavy atom. The monoisotopic (exact) mass is 149 g/mol. The summed E-state index contributed by atoms with van der Waals surface area (Å²) in [5, 5.41) is 9.89. The van der Waals surface area contributed by atoms with Crippen molar-refractivity contribution in [3.63, 3.8) is 0 Å². The summed E-state index contributed by atoms with van der Waals surface area (Å²) in [6.45, 7) is 0.0694. The van der Waals surface area contributed by atoms with Crippen LogP contribution in [0, 0.1) is 0 Å². The van der Waals surface area contributed by atoms with Gasteiger partial charge in [0.15, 0.2) is 0 Å². The van der Waals surface area contributed by atoms with Crippen LogP contribution in [-0.4, -0.2) is 38.1 Å². The maximum absolute atomic E-state index is 9.89. The van der Waals surface area contributed by atoms with E-state index in [9.17, 15) is 9.90 Å². The molecule has 0 aromatic heterocycles. The van der Waals surface area contributed by atoms with Crippen LogP contribution >= 0.6 is 13.5 Å². The highest BCUT2D eigenvalue weighted by Gasteiger charge is 2.04. The van der Waals surface area contributed by atoms with E-state index in [0.29, 0.717) is 4.48 Å². The van der Waals surface area contributed by atoms with Crippen molar-refractivity contribution in [3.8, 4) is 0 Å². The number of quaternary nitrogens is 1. The van der Waals surface area contributed by atoms with Crippen LogP contribution < -0.4 is 5.11 Å². The molecule has 0 aromatic carbocycles. The van der Waals surface area contributed by atoms with Gasteiger partial charge in [0.25, 0.3) is 0 Å². The summed E-state index contributed by atoms with van der Waals surface area (Å²) < 4.78 is 0.419. The second-order valence-corrected chi connectivity index (χ2v) is 2.82. The molecular formula is C5H11NO2S. The van der Waals surface area contributed by atoms with Crippen molar-refractivity contribution in [2.24, 2.45) is 0 Å². The van der Waals surface area contributed by atoms with Crippen LogP contribution in [0.3, 0.4) is 0 Å². The number of carbonyl (C=O) groups is 1. The number of hydrogen-bond acceptors (Lipinski definition) is 2. The number of carbonyl (C=O) groups excluding carboxylic acids is 1. The number of aliphatic carboxylic acids is 1. The molecule has 4 heteroatoms. The molecule has 0 aliphatic heterocycles. The molecular weight excluding hydrogens is 138 g/mol. The molecule has 0 heterocycles. The molecule has 9 heavy (non-hydrogen) atoms. The molecule has 0 aliphatic carbocycles. The predicted molar refractivity (Wildman–Crippen MR) is 35.5 cm³/mol. The number of carboxylic acid groups (broad SMARTS) is 1. The van der Waals surface area contributed by atoms with Crippen molar-refractivity contribution in [3.05, 3.63) is 0 Å². The first-order chi connectivity index (χ1) is 3.42. The Morgan fingerprint density at radius 2 is 1.78 bits per heavy atom. The molecule has 0 rings (SSSR count). The number of hydrogen-bond donors (Lipinski definition) is 0. The average Bonchev–Trinajstić information content (AvgIpc) is 1.21. The third-order valence-corrected chi connectivity index (χ3v) is 0.603. The lowest BCUT2D eigenvalue weighted by Gasteiger charge is -2.23. The SMILES string of the molecule is C[N+](C)(C)CC(=O)[O-].[S]. The Balaban J connectivity index is 0. The van der Waals surface area contributed by atoms with Gasteiger partial charge in [-0.1, -0.05) is 0 Å². The number of nitrogens with zero attached hydrogens (tertiary/aromatic N) is 1. The highest BCUT2D eigenvalue weighted by molar-refractivity contribution is 7.59. The molecule has 54 valence electrons. The van der Waals surface area contributed by atoms with Crippen LogP contribution in [-0.2, 0) is 4.79 Å². The third-order valence-electron chi connectivity index (χ3n) is 0.603. The van der Waals surface area contributed by atoms with Crippen molar-refractivity contribution in [1.29, 1.82) is 0 Å². The van der Waals surface area contributed by atoms with Gasteiger partial charge in [-0.05, 0) is 0 Å². The fraction of sp³-hybridized carbons (Fsp3) is 0.800. The summed E-state index contributed by atoms with van der Waals surface area (Å²) >= 11 is 0. The van der Waals surface area contributed by atoms with E-state index in [1.54, 1.807) is 21.1 Å². The lowest BCUT2D eigenvalue weighted by atomic mass is 10.5. The fourth-order valence-electron chi connectivity index (χ4n) is 0.387. The fourth-order valence-corrected chi connectivity index (χ4v) is 0.387. The van der Waals surface area contributed by atoms with E-state index in [4.69, 9.17) is 0 Å². The molecule has 2 radical (unpaired) electrons. The molecule has 0 spiro atoms. The predicted octanol–water partition coefficient (Wildman–Crippen LogP) is -0.909. The minimum absolute atomic E-state index is 0. The van der Waals surface area contributed by atoms with Crippen LogP contribution in [0.5, 0.6) is 0 Å². The van der Waals surface area contributed by atoms with E-state index in [1.807, 2.05) is 0 Å². The highest BCUT2D eigenvalue weighted by atomic mass is 32.1. The van der Waals surface area contributed by atoms with Gasteiger partial charge in [-0.25, -0.2) is 0 Å². The molecule has 0 saturated heterocycles. The van der Waals surface area contributed by atoms with Crippen LogP contribution in [0.4, 0.5) is 0 Å². The van der Waals surface area contributed by atoms with Crippen LogP contribution in [0.2, 0.25) is 0 Å². The molecule has 0 bridgehead atoms. The molecule has 0 amide bonds. The third kappa shape index (κ3) is 11.4. The largest absolute Gasteiger partial charge is 0.544 e. The molecule has 0 saturated carbocycles. The Morgan fingerprint density at radius 1 is 1.44 bits per heavy atom. The normalized spacial score (nSPS) is 10.1. The number of carboxylic acids is 1. The quantitative estimate of drug-likeness (QED) is 0.477. The topological polar surface area (TPSA) is 40.1 Å². The van der Waals surface area contributed by atoms with Gasteiger partial charge in [0.05, 0.1) is 27.1 Å². The minimum Gasteiger partial charge on any atom is -0.544 e. The van der Waals surface area contributed by atoms with Gasteiger partial charge in [-0.15, -0.1) is 0 Å². The lowest BCUT2D eigenvalue weighted by Crippen LogP contribution is -2.45. The molecule has 3 nitrogen and oxygen atoms in total. The molecule has 0 unspecified atom stereocenters. The summed E-state index contributed by atoms with van der Waals surface area (Å²) in [6.07, 6.45) is 0. The van der Waals surface area contributed by atoms with Gasteiger partial charge in [-0.2, -0.15) is 0 Å². The highest BCUT2D eigenvalue weighted by Crippen LogP contribution is 1.84. The van der Waals surface area contributed by atoms with E-state index in [-0.39, 0.29) is 20.0 Å². The summed E-state index contributed by atoms with van der Waals surface area (Å²) in [5.41, 5.74) is 0. The van der Waals surface area contributed by atoms with Gasteiger partial charge in [0, 0.05) is 13.5 Å². The van der Waals surface area contributed by atoms with E-state index in [1.165, 1.54) is 0 Å². The lowest BCUT2D eigenvalue weighted by molar-refractivity contribution is -0.864. The number of rotatable bonds is 2. The van der Waals surface area contributed by atoms with Gasteiger partial charge in [0.1, 0.15) is 6.54 Å². The van der Waals surface area contributed by atoms with Crippen molar-refractivity contribution in [1.82, 2.24) is 0 Å². The van der Waals surface area contributed by atoms with Crippen molar-refractivity contribution < 1.29 is 14.4 Å². The molecule has 0 atom stereocenters. The van der Waals surface area contributed by atoms with Crippen molar-refractivity contribution >= 4 is 19.5 Å². The second-order valence-electron chi connectivity index (χ2n) is 2.82. The standard InChI is InChI=1S/C5H11NO2.S/c1-6(2,3)4-5(7)8;/h4H2,1-3H3;. The van der Waals surface area contributed by atoms with Crippen LogP contribution in [0.1, 0.15) is 0 Å². The summed E-state index contributed by atoms with van der Waals surface area (Å²) in [4.78, 5) is 9.89. The average molecular weight is 149 g/mol. The van der Waals surface area contributed by atoms with Crippen molar-refractivity contribution in [2.45, 2.75) is 0 Å². The Bertz CT molecular complexity index is 97.6. The summed E-state index contributed by atoms with van der Waals surface area (Å²) in [5.74, 6) is -1.00. The van der Waals surface area contributed by atoms with Gasteiger partial charge < -0.3 is 14.4 Å². The molecule has 0 aromatic rings. The smallest absolute Gasteiger partial charge is 0.118 e. The van der Waals surface area contributed by atoms with Crippen LogP contribution in [0.25, 0.3) is 0 Å². The van der Waals surface area contributed by atoms with Gasteiger partial charge >= 0.3 is 0 Å². The molecule has 0 N–H and O–H groups in total. The second kappa shape index (κ2) is 3.74. The zero-order chi connectivity index (χ0) is 6.78. The maximum Gasteiger partial charge on any atom is 0.118 e. The Hall–Kier alpha value is -0.220.